The molecule has 0 atom stereocenters. The summed E-state index contributed by atoms with van der Waals surface area (Å²) in [6, 6.07) is 10.8. The van der Waals surface area contributed by atoms with Gasteiger partial charge in [-0.1, -0.05) is 18.2 Å². The van der Waals surface area contributed by atoms with Gasteiger partial charge in [-0.05, 0) is 55.3 Å². The lowest BCUT2D eigenvalue weighted by Gasteiger charge is -2.12. The zero-order valence-corrected chi connectivity index (χ0v) is 17.9. The average Bonchev–Trinajstić information content (AvgIpc) is 3.18. The molecule has 4 aromatic rings. The van der Waals surface area contributed by atoms with Gasteiger partial charge in [-0.25, -0.2) is 4.79 Å². The number of ether oxygens (including phenoxy) is 1. The Hall–Kier alpha value is -3.51. The van der Waals surface area contributed by atoms with Crippen molar-refractivity contribution in [2.45, 2.75) is 20.3 Å². The second-order valence-electron chi connectivity index (χ2n) is 7.52. The van der Waals surface area contributed by atoms with Crippen molar-refractivity contribution in [3.05, 3.63) is 81.3 Å². The molecule has 0 fully saturated rings. The summed E-state index contributed by atoms with van der Waals surface area (Å²) in [5.74, 6) is 0.0995. The average molecular weight is 437 g/mol. The summed E-state index contributed by atoms with van der Waals surface area (Å²) >= 11 is 6.35. The number of amides is 1. The normalized spacial score (nSPS) is 11.1. The third-order valence-corrected chi connectivity index (χ3v) is 5.28. The van der Waals surface area contributed by atoms with Crippen molar-refractivity contribution < 1.29 is 13.9 Å². The Kier molecular flexibility index (Phi) is 5.57. The van der Waals surface area contributed by atoms with Crippen molar-refractivity contribution in [1.82, 2.24) is 4.98 Å². The van der Waals surface area contributed by atoms with E-state index in [4.69, 9.17) is 20.8 Å². The van der Waals surface area contributed by atoms with Crippen molar-refractivity contribution >= 4 is 45.1 Å². The summed E-state index contributed by atoms with van der Waals surface area (Å²) in [6.45, 7) is 7.71. The number of aryl methyl sites for hydroxylation is 1. The maximum atomic E-state index is 12.6. The number of halogens is 1. The highest BCUT2D eigenvalue weighted by atomic mass is 35.5. The van der Waals surface area contributed by atoms with E-state index in [1.165, 1.54) is 0 Å². The van der Waals surface area contributed by atoms with Gasteiger partial charge in [-0.15, -0.1) is 0 Å². The Morgan fingerprint density at radius 2 is 2.06 bits per heavy atom. The molecule has 2 N–H and O–H groups in total. The molecule has 2 aromatic carbocycles. The molecule has 0 radical (unpaired) electrons. The lowest BCUT2D eigenvalue weighted by molar-refractivity contribution is -0.115. The monoisotopic (exact) mass is 436 g/mol. The molecule has 31 heavy (non-hydrogen) atoms. The Bertz CT molecular complexity index is 1380. The first-order valence-corrected chi connectivity index (χ1v) is 10.1. The first kappa shape index (κ1) is 20.8. The van der Waals surface area contributed by atoms with Crippen LogP contribution in [0.4, 0.5) is 5.69 Å². The highest BCUT2D eigenvalue weighted by molar-refractivity contribution is 6.32. The van der Waals surface area contributed by atoms with Gasteiger partial charge in [0, 0.05) is 34.2 Å². The molecule has 158 valence electrons. The van der Waals surface area contributed by atoms with Gasteiger partial charge in [0.25, 0.3) is 0 Å². The number of aromatic nitrogens is 1. The van der Waals surface area contributed by atoms with Gasteiger partial charge in [0.15, 0.2) is 0 Å². The van der Waals surface area contributed by atoms with Crippen LogP contribution in [0.2, 0.25) is 5.02 Å². The summed E-state index contributed by atoms with van der Waals surface area (Å²) in [7, 11) is 0. The van der Waals surface area contributed by atoms with Crippen LogP contribution in [0, 0.1) is 6.92 Å². The minimum atomic E-state index is -0.561. The van der Waals surface area contributed by atoms with Gasteiger partial charge in [0.05, 0.1) is 17.0 Å². The maximum Gasteiger partial charge on any atom is 0.340 e. The largest absolute Gasteiger partial charge is 0.488 e. The third-order valence-electron chi connectivity index (χ3n) is 4.99. The zero-order valence-electron chi connectivity index (χ0n) is 17.2. The Balaban J connectivity index is 1.60. The molecule has 0 aliphatic rings. The van der Waals surface area contributed by atoms with Crippen molar-refractivity contribution in [1.29, 1.82) is 0 Å². The number of carbonyl (C=O) groups excluding carboxylic acids is 1. The molecule has 0 aliphatic heterocycles. The van der Waals surface area contributed by atoms with E-state index in [1.807, 2.05) is 31.3 Å². The van der Waals surface area contributed by atoms with E-state index in [9.17, 15) is 9.59 Å². The van der Waals surface area contributed by atoms with Crippen molar-refractivity contribution in [3.8, 4) is 5.75 Å². The van der Waals surface area contributed by atoms with Gasteiger partial charge in [0.1, 0.15) is 17.9 Å². The fraction of sp³-hybridized carbons (Fsp3) is 0.167. The number of carbonyl (C=O) groups is 1. The van der Waals surface area contributed by atoms with Crippen molar-refractivity contribution in [2.75, 3.05) is 11.9 Å². The van der Waals surface area contributed by atoms with Gasteiger partial charge in [0.2, 0.25) is 5.91 Å². The predicted octanol–water partition coefficient (Wildman–Crippen LogP) is 5.37. The van der Waals surface area contributed by atoms with E-state index in [-0.39, 0.29) is 12.3 Å². The smallest absolute Gasteiger partial charge is 0.340 e. The Labute approximate surface area is 183 Å². The molecule has 0 unspecified atom stereocenters. The topological polar surface area (TPSA) is 84.3 Å². The number of nitrogens with one attached hydrogen (secondary N) is 2. The second-order valence-corrected chi connectivity index (χ2v) is 7.93. The standard InChI is InChI=1S/C24H21ClN2O4/c1-13(2)12-30-22-11-21-17(9-19(22)25)14(3)18(24(29)31-21)10-23(28)27-16-4-5-20-15(8-16)6-7-26-20/h4-9,11,26H,1,10,12H2,2-3H3,(H,27,28). The summed E-state index contributed by atoms with van der Waals surface area (Å²) in [6.07, 6.45) is 1.72. The van der Waals surface area contributed by atoms with Crippen LogP contribution in [0.25, 0.3) is 21.9 Å². The lowest BCUT2D eigenvalue weighted by atomic mass is 10.0. The van der Waals surface area contributed by atoms with Crippen LogP contribution >= 0.6 is 11.6 Å². The molecule has 1 amide bonds. The number of hydrogen-bond donors (Lipinski definition) is 2. The number of H-pyrrole nitrogens is 1. The quantitative estimate of drug-likeness (QED) is 0.314. The summed E-state index contributed by atoms with van der Waals surface area (Å²) < 4.78 is 11.1. The van der Waals surface area contributed by atoms with Gasteiger partial charge in [-0.2, -0.15) is 0 Å². The van der Waals surface area contributed by atoms with Crippen molar-refractivity contribution in [2.24, 2.45) is 0 Å². The van der Waals surface area contributed by atoms with Gasteiger partial charge >= 0.3 is 5.63 Å². The van der Waals surface area contributed by atoms with E-state index in [0.717, 1.165) is 16.5 Å². The molecule has 2 aromatic heterocycles. The molecule has 4 rings (SSSR count). The third kappa shape index (κ3) is 4.34. The van der Waals surface area contributed by atoms with Gasteiger partial charge in [-0.3, -0.25) is 4.79 Å². The number of fused-ring (bicyclic) bond motifs is 2. The Morgan fingerprint density at radius 1 is 1.26 bits per heavy atom. The number of benzene rings is 2. The molecule has 0 saturated heterocycles. The highest BCUT2D eigenvalue weighted by Crippen LogP contribution is 2.32. The minimum Gasteiger partial charge on any atom is -0.488 e. The van der Waals surface area contributed by atoms with Crippen LogP contribution in [0.3, 0.4) is 0 Å². The zero-order chi connectivity index (χ0) is 22.1. The minimum absolute atomic E-state index is 0.110. The van der Waals surface area contributed by atoms with Crippen molar-refractivity contribution in [3.63, 3.8) is 0 Å². The molecule has 0 aliphatic carbocycles. The van der Waals surface area contributed by atoms with Crippen LogP contribution in [0.1, 0.15) is 18.1 Å². The van der Waals surface area contributed by atoms with Crippen LogP contribution in [0.5, 0.6) is 5.75 Å². The SMILES string of the molecule is C=C(C)COc1cc2oc(=O)c(CC(=O)Nc3ccc4[nH]ccc4c3)c(C)c2cc1Cl. The Morgan fingerprint density at radius 3 is 2.84 bits per heavy atom. The number of rotatable bonds is 6. The molecule has 0 saturated carbocycles. The van der Waals surface area contributed by atoms with Crippen LogP contribution in [-0.2, 0) is 11.2 Å². The lowest BCUT2D eigenvalue weighted by Crippen LogP contribution is -2.20. The number of anilines is 1. The number of hydrogen-bond acceptors (Lipinski definition) is 4. The second kappa shape index (κ2) is 8.32. The first-order chi connectivity index (χ1) is 14.8. The maximum absolute atomic E-state index is 12.6. The molecule has 6 nitrogen and oxygen atoms in total. The van der Waals surface area contributed by atoms with E-state index in [1.54, 1.807) is 25.1 Å². The fourth-order valence-corrected chi connectivity index (χ4v) is 3.62. The van der Waals surface area contributed by atoms with E-state index in [2.05, 4.69) is 16.9 Å². The fourth-order valence-electron chi connectivity index (χ4n) is 3.40. The predicted molar refractivity (Wildman–Crippen MR) is 123 cm³/mol. The summed E-state index contributed by atoms with van der Waals surface area (Å²) in [4.78, 5) is 28.3. The van der Waals surface area contributed by atoms with Crippen LogP contribution in [0.15, 0.2) is 64.0 Å². The molecular formula is C24H21ClN2O4. The molecule has 2 heterocycles. The molecular weight excluding hydrogens is 416 g/mol. The molecule has 7 heteroatoms. The summed E-state index contributed by atoms with van der Waals surface area (Å²) in [5, 5.41) is 4.87. The molecule has 0 bridgehead atoms. The van der Waals surface area contributed by atoms with Crippen LogP contribution in [-0.4, -0.2) is 17.5 Å². The van der Waals surface area contributed by atoms with Crippen LogP contribution < -0.4 is 15.7 Å². The van der Waals surface area contributed by atoms with E-state index < -0.39 is 5.63 Å². The molecule has 0 spiro atoms. The highest BCUT2D eigenvalue weighted by Gasteiger charge is 2.17. The van der Waals surface area contributed by atoms with E-state index >= 15 is 0 Å². The van der Waals surface area contributed by atoms with E-state index in [0.29, 0.717) is 45.2 Å². The van der Waals surface area contributed by atoms with Gasteiger partial charge < -0.3 is 19.5 Å². The first-order valence-electron chi connectivity index (χ1n) is 9.72. The summed E-state index contributed by atoms with van der Waals surface area (Å²) in [5.41, 5.74) is 3.20. The number of aromatic amines is 1.